The standard InChI is InChI=1S/C17H29NO2/c19-10-8-13-7-9-18(12-13)17(20)16-6-5-14-3-1-2-4-15(14)11-16/h13-16,19H,1-12H2. The van der Waals surface area contributed by atoms with E-state index in [9.17, 15) is 4.79 Å². The van der Waals surface area contributed by atoms with E-state index in [4.69, 9.17) is 5.11 Å². The van der Waals surface area contributed by atoms with Gasteiger partial charge in [-0.25, -0.2) is 0 Å². The van der Waals surface area contributed by atoms with Gasteiger partial charge in [0.2, 0.25) is 5.91 Å². The van der Waals surface area contributed by atoms with Gasteiger partial charge in [-0.05, 0) is 49.9 Å². The Bertz CT molecular complexity index is 344. The van der Waals surface area contributed by atoms with Crippen LogP contribution in [0.3, 0.4) is 0 Å². The van der Waals surface area contributed by atoms with E-state index < -0.39 is 0 Å². The van der Waals surface area contributed by atoms with Gasteiger partial charge in [-0.3, -0.25) is 4.79 Å². The number of carbonyl (C=O) groups is 1. The second-order valence-corrected chi connectivity index (χ2v) is 7.27. The minimum Gasteiger partial charge on any atom is -0.396 e. The quantitative estimate of drug-likeness (QED) is 0.863. The molecule has 3 aliphatic rings. The zero-order chi connectivity index (χ0) is 13.9. The Morgan fingerprint density at radius 2 is 1.85 bits per heavy atom. The van der Waals surface area contributed by atoms with Crippen molar-refractivity contribution >= 4 is 5.91 Å². The van der Waals surface area contributed by atoms with Gasteiger partial charge in [-0.1, -0.05) is 25.7 Å². The molecule has 3 nitrogen and oxygen atoms in total. The van der Waals surface area contributed by atoms with Crippen molar-refractivity contribution in [2.45, 2.75) is 57.8 Å². The predicted octanol–water partition coefficient (Wildman–Crippen LogP) is 2.82. The molecule has 3 fully saturated rings. The topological polar surface area (TPSA) is 40.5 Å². The maximum Gasteiger partial charge on any atom is 0.225 e. The van der Waals surface area contributed by atoms with Gasteiger partial charge in [0.1, 0.15) is 0 Å². The van der Waals surface area contributed by atoms with E-state index in [1.54, 1.807) is 0 Å². The molecule has 4 atom stereocenters. The summed E-state index contributed by atoms with van der Waals surface area (Å²) in [5, 5.41) is 9.03. The van der Waals surface area contributed by atoms with Crippen molar-refractivity contribution in [1.29, 1.82) is 0 Å². The zero-order valence-corrected chi connectivity index (χ0v) is 12.6. The molecule has 2 saturated carbocycles. The van der Waals surface area contributed by atoms with Gasteiger partial charge in [0.05, 0.1) is 0 Å². The number of aliphatic hydroxyl groups excluding tert-OH is 1. The highest BCUT2D eigenvalue weighted by molar-refractivity contribution is 5.79. The SMILES string of the molecule is O=C(C1CCC2CCCCC2C1)N1CCC(CCO)C1. The Balaban J connectivity index is 1.53. The van der Waals surface area contributed by atoms with E-state index in [1.165, 1.54) is 32.1 Å². The number of hydrogen-bond donors (Lipinski definition) is 1. The fourth-order valence-corrected chi connectivity index (χ4v) is 4.81. The summed E-state index contributed by atoms with van der Waals surface area (Å²) >= 11 is 0. The fourth-order valence-electron chi connectivity index (χ4n) is 4.81. The Morgan fingerprint density at radius 1 is 1.05 bits per heavy atom. The molecular formula is C17H29NO2. The minimum atomic E-state index is 0.264. The number of likely N-dealkylation sites (tertiary alicyclic amines) is 1. The van der Waals surface area contributed by atoms with Gasteiger partial charge in [-0.15, -0.1) is 0 Å². The molecule has 0 bridgehead atoms. The van der Waals surface area contributed by atoms with Crippen molar-refractivity contribution in [2.75, 3.05) is 19.7 Å². The molecule has 1 amide bonds. The highest BCUT2D eigenvalue weighted by atomic mass is 16.3. The van der Waals surface area contributed by atoms with Crippen molar-refractivity contribution < 1.29 is 9.90 Å². The number of aliphatic hydroxyl groups is 1. The van der Waals surface area contributed by atoms with Gasteiger partial charge in [-0.2, -0.15) is 0 Å². The summed E-state index contributed by atoms with van der Waals surface area (Å²) in [7, 11) is 0. The third-order valence-corrected chi connectivity index (χ3v) is 6.02. The zero-order valence-electron chi connectivity index (χ0n) is 12.6. The van der Waals surface area contributed by atoms with Crippen LogP contribution in [0.4, 0.5) is 0 Å². The summed E-state index contributed by atoms with van der Waals surface area (Å²) in [6.07, 6.45) is 11.1. The second-order valence-electron chi connectivity index (χ2n) is 7.27. The molecule has 0 radical (unpaired) electrons. The van der Waals surface area contributed by atoms with Crippen LogP contribution >= 0.6 is 0 Å². The lowest BCUT2D eigenvalue weighted by molar-refractivity contribution is -0.137. The smallest absolute Gasteiger partial charge is 0.225 e. The molecule has 1 N–H and O–H groups in total. The lowest BCUT2D eigenvalue weighted by Gasteiger charge is -2.39. The largest absolute Gasteiger partial charge is 0.396 e. The van der Waals surface area contributed by atoms with Crippen molar-refractivity contribution in [3.63, 3.8) is 0 Å². The summed E-state index contributed by atoms with van der Waals surface area (Å²) < 4.78 is 0. The fraction of sp³-hybridized carbons (Fsp3) is 0.941. The van der Waals surface area contributed by atoms with E-state index in [0.717, 1.165) is 50.6 Å². The number of carbonyl (C=O) groups excluding carboxylic acids is 1. The van der Waals surface area contributed by atoms with Crippen LogP contribution < -0.4 is 0 Å². The van der Waals surface area contributed by atoms with Gasteiger partial charge < -0.3 is 10.0 Å². The molecule has 20 heavy (non-hydrogen) atoms. The summed E-state index contributed by atoms with van der Waals surface area (Å²) in [4.78, 5) is 14.8. The van der Waals surface area contributed by atoms with Crippen molar-refractivity contribution in [1.82, 2.24) is 4.90 Å². The summed E-state index contributed by atoms with van der Waals surface area (Å²) in [5.74, 6) is 3.03. The van der Waals surface area contributed by atoms with Gasteiger partial charge in [0.15, 0.2) is 0 Å². The van der Waals surface area contributed by atoms with Crippen molar-refractivity contribution in [3.8, 4) is 0 Å². The molecule has 1 heterocycles. The van der Waals surface area contributed by atoms with Crippen LogP contribution in [0.15, 0.2) is 0 Å². The first-order chi connectivity index (χ1) is 9.78. The van der Waals surface area contributed by atoms with Gasteiger partial charge in [0.25, 0.3) is 0 Å². The molecule has 114 valence electrons. The lowest BCUT2D eigenvalue weighted by atomic mass is 9.67. The molecule has 3 heteroatoms. The highest BCUT2D eigenvalue weighted by Crippen LogP contribution is 2.43. The van der Waals surface area contributed by atoms with Gasteiger partial charge >= 0.3 is 0 Å². The van der Waals surface area contributed by atoms with E-state index >= 15 is 0 Å². The van der Waals surface area contributed by atoms with Crippen LogP contribution in [0.1, 0.15) is 57.8 Å². The maximum atomic E-state index is 12.7. The van der Waals surface area contributed by atoms with Crippen LogP contribution in [-0.4, -0.2) is 35.6 Å². The highest BCUT2D eigenvalue weighted by Gasteiger charge is 2.37. The van der Waals surface area contributed by atoms with Crippen LogP contribution in [-0.2, 0) is 4.79 Å². The van der Waals surface area contributed by atoms with E-state index in [2.05, 4.69) is 4.90 Å². The molecular weight excluding hydrogens is 250 g/mol. The summed E-state index contributed by atoms with van der Waals surface area (Å²) in [6.45, 7) is 2.08. The first kappa shape index (κ1) is 14.4. The maximum absolute atomic E-state index is 12.7. The van der Waals surface area contributed by atoms with E-state index in [-0.39, 0.29) is 6.61 Å². The number of nitrogens with zero attached hydrogens (tertiary/aromatic N) is 1. The van der Waals surface area contributed by atoms with Crippen LogP contribution in [0.2, 0.25) is 0 Å². The Morgan fingerprint density at radius 3 is 2.65 bits per heavy atom. The van der Waals surface area contributed by atoms with Crippen LogP contribution in [0.5, 0.6) is 0 Å². The molecule has 0 aromatic heterocycles. The molecule has 2 aliphatic carbocycles. The van der Waals surface area contributed by atoms with Crippen molar-refractivity contribution in [2.24, 2.45) is 23.7 Å². The molecule has 0 aromatic rings. The number of amides is 1. The number of rotatable bonds is 3. The number of hydrogen-bond acceptors (Lipinski definition) is 2. The van der Waals surface area contributed by atoms with Gasteiger partial charge in [0, 0.05) is 25.6 Å². The molecule has 1 saturated heterocycles. The molecule has 0 aromatic carbocycles. The normalized spacial score (nSPS) is 37.8. The average molecular weight is 279 g/mol. The summed E-state index contributed by atoms with van der Waals surface area (Å²) in [6, 6.07) is 0. The molecule has 4 unspecified atom stereocenters. The Hall–Kier alpha value is -0.570. The molecule has 3 rings (SSSR count). The monoisotopic (exact) mass is 279 g/mol. The first-order valence-corrected chi connectivity index (χ1v) is 8.67. The van der Waals surface area contributed by atoms with Crippen molar-refractivity contribution in [3.05, 3.63) is 0 Å². The second kappa shape index (κ2) is 6.46. The predicted molar refractivity (Wildman–Crippen MR) is 79.2 cm³/mol. The average Bonchev–Trinajstić information content (AvgIpc) is 2.95. The van der Waals surface area contributed by atoms with Crippen LogP contribution in [0.25, 0.3) is 0 Å². The molecule has 0 spiro atoms. The van der Waals surface area contributed by atoms with E-state index in [0.29, 0.717) is 17.7 Å². The third kappa shape index (κ3) is 3.03. The lowest BCUT2D eigenvalue weighted by Crippen LogP contribution is -2.39. The first-order valence-electron chi connectivity index (χ1n) is 8.67. The molecule has 1 aliphatic heterocycles. The summed E-state index contributed by atoms with van der Waals surface area (Å²) in [5.41, 5.74) is 0. The number of fused-ring (bicyclic) bond motifs is 1. The Labute approximate surface area is 122 Å². The third-order valence-electron chi connectivity index (χ3n) is 6.02. The van der Waals surface area contributed by atoms with E-state index in [1.807, 2.05) is 0 Å². The Kier molecular flexibility index (Phi) is 4.65. The minimum absolute atomic E-state index is 0.264. The van der Waals surface area contributed by atoms with Crippen LogP contribution in [0, 0.1) is 23.7 Å².